The lowest BCUT2D eigenvalue weighted by atomic mass is 9.87. The van der Waals surface area contributed by atoms with E-state index in [1.54, 1.807) is 0 Å². The largest absolute Gasteiger partial charge is 0.367 e. The summed E-state index contributed by atoms with van der Waals surface area (Å²) < 4.78 is 0. The second kappa shape index (κ2) is 7.57. The van der Waals surface area contributed by atoms with Gasteiger partial charge in [0.1, 0.15) is 0 Å². The van der Waals surface area contributed by atoms with Gasteiger partial charge in [-0.05, 0) is 35.1 Å². The number of hydrogen-bond donors (Lipinski definition) is 0. The number of benzene rings is 2. The molecule has 1 unspecified atom stereocenters. The lowest BCUT2D eigenvalue weighted by molar-refractivity contribution is 0.225. The average Bonchev–Trinajstić information content (AvgIpc) is 2.67. The van der Waals surface area contributed by atoms with Crippen molar-refractivity contribution in [3.63, 3.8) is 0 Å². The van der Waals surface area contributed by atoms with Crippen molar-refractivity contribution < 1.29 is 0 Å². The Hall–Kier alpha value is -2.22. The maximum Gasteiger partial charge on any atom is 0.0715 e. The van der Waals surface area contributed by atoms with E-state index in [2.05, 4.69) is 98.7 Å². The van der Waals surface area contributed by atoms with Crippen molar-refractivity contribution >= 4 is 5.69 Å². The average molecular weight is 349 g/mol. The van der Waals surface area contributed by atoms with Gasteiger partial charge in [-0.2, -0.15) is 0 Å². The predicted molar refractivity (Wildman–Crippen MR) is 113 cm³/mol. The summed E-state index contributed by atoms with van der Waals surface area (Å²) in [5.41, 5.74) is 5.52. The number of anilines is 1. The predicted octanol–water partition coefficient (Wildman–Crippen LogP) is 5.77. The van der Waals surface area contributed by atoms with E-state index in [1.807, 2.05) is 0 Å². The summed E-state index contributed by atoms with van der Waals surface area (Å²) in [5, 5.41) is 0. The molecule has 2 heteroatoms. The maximum atomic E-state index is 4.32. The van der Waals surface area contributed by atoms with Gasteiger partial charge in [0.15, 0.2) is 0 Å². The van der Waals surface area contributed by atoms with Crippen LogP contribution >= 0.6 is 0 Å². The first kappa shape index (κ1) is 18.6. The fraction of sp³-hybridized carbons (Fsp3) is 0.417. The first-order chi connectivity index (χ1) is 12.4. The van der Waals surface area contributed by atoms with Crippen LogP contribution in [0.3, 0.4) is 0 Å². The van der Waals surface area contributed by atoms with Crippen LogP contribution in [-0.4, -0.2) is 24.5 Å². The Labute approximate surface area is 159 Å². The third-order valence-electron chi connectivity index (χ3n) is 5.48. The Balaban J connectivity index is 1.84. The van der Waals surface area contributed by atoms with Crippen LogP contribution in [0.1, 0.15) is 51.3 Å². The summed E-state index contributed by atoms with van der Waals surface area (Å²) in [7, 11) is 0. The Kier molecular flexibility index (Phi) is 5.41. The van der Waals surface area contributed by atoms with Gasteiger partial charge in [-0.25, -0.2) is 0 Å². The van der Waals surface area contributed by atoms with Crippen LogP contribution in [0.2, 0.25) is 0 Å². The summed E-state index contributed by atoms with van der Waals surface area (Å²) in [6, 6.07) is 20.3. The molecule has 1 heterocycles. The van der Waals surface area contributed by atoms with Gasteiger partial charge in [0.05, 0.1) is 6.04 Å². The number of rotatable bonds is 4. The third-order valence-corrected chi connectivity index (χ3v) is 5.48. The molecule has 2 nitrogen and oxygen atoms in total. The third kappa shape index (κ3) is 3.95. The number of piperazine rings is 1. The van der Waals surface area contributed by atoms with Crippen LogP contribution in [0.5, 0.6) is 0 Å². The molecule has 0 N–H and O–H groups in total. The van der Waals surface area contributed by atoms with Crippen molar-refractivity contribution in [1.82, 2.24) is 4.90 Å². The van der Waals surface area contributed by atoms with Gasteiger partial charge >= 0.3 is 0 Å². The first-order valence-corrected chi connectivity index (χ1v) is 9.75. The van der Waals surface area contributed by atoms with Crippen LogP contribution in [0.15, 0.2) is 66.9 Å². The smallest absolute Gasteiger partial charge is 0.0715 e. The fourth-order valence-corrected chi connectivity index (χ4v) is 3.73. The Morgan fingerprint density at radius 2 is 1.65 bits per heavy atom. The van der Waals surface area contributed by atoms with E-state index in [0.29, 0.717) is 6.04 Å². The topological polar surface area (TPSA) is 6.48 Å². The van der Waals surface area contributed by atoms with E-state index in [4.69, 9.17) is 0 Å². The van der Waals surface area contributed by atoms with Gasteiger partial charge in [-0.1, -0.05) is 76.7 Å². The second-order valence-corrected chi connectivity index (χ2v) is 8.28. The molecule has 1 atom stereocenters. The zero-order chi connectivity index (χ0) is 18.7. The highest BCUT2D eigenvalue weighted by Crippen LogP contribution is 2.32. The minimum atomic E-state index is 0.197. The summed E-state index contributed by atoms with van der Waals surface area (Å²) >= 11 is 0. The number of hydrogen-bond acceptors (Lipinski definition) is 2. The molecule has 1 aliphatic rings. The lowest BCUT2D eigenvalue weighted by Gasteiger charge is -2.44. The van der Waals surface area contributed by atoms with Crippen LogP contribution in [0, 0.1) is 0 Å². The quantitative estimate of drug-likeness (QED) is 0.692. The van der Waals surface area contributed by atoms with E-state index >= 15 is 0 Å². The molecule has 0 aromatic heterocycles. The fourth-order valence-electron chi connectivity index (χ4n) is 3.73. The van der Waals surface area contributed by atoms with E-state index in [9.17, 15) is 0 Å². The molecule has 0 saturated carbocycles. The van der Waals surface area contributed by atoms with E-state index in [-0.39, 0.29) is 5.41 Å². The highest BCUT2D eigenvalue weighted by atomic mass is 15.3. The molecule has 2 aromatic carbocycles. The lowest BCUT2D eigenvalue weighted by Crippen LogP contribution is -2.47. The van der Waals surface area contributed by atoms with Crippen molar-refractivity contribution in [2.75, 3.05) is 24.5 Å². The Bertz CT molecular complexity index is 725. The summed E-state index contributed by atoms with van der Waals surface area (Å²) in [5.74, 6) is 0. The molecule has 0 radical (unpaired) electrons. The molecule has 0 aliphatic carbocycles. The summed E-state index contributed by atoms with van der Waals surface area (Å²) in [6.07, 6.45) is 1.00. The monoisotopic (exact) mass is 348 g/mol. The van der Waals surface area contributed by atoms with E-state index < -0.39 is 0 Å². The number of nitrogens with zero attached hydrogens (tertiary/aromatic N) is 2. The molecule has 0 amide bonds. The minimum Gasteiger partial charge on any atom is -0.367 e. The molecular formula is C24H32N2. The molecule has 138 valence electrons. The number of allylic oxidation sites excluding steroid dienone is 1. The van der Waals surface area contributed by atoms with Gasteiger partial charge in [0, 0.05) is 31.0 Å². The molecule has 1 saturated heterocycles. The van der Waals surface area contributed by atoms with Crippen LogP contribution in [0.25, 0.3) is 0 Å². The second-order valence-electron chi connectivity index (χ2n) is 8.28. The van der Waals surface area contributed by atoms with Crippen molar-refractivity contribution in [3.8, 4) is 0 Å². The molecule has 0 spiro atoms. The normalized spacial score (nSPS) is 18.1. The van der Waals surface area contributed by atoms with Crippen LogP contribution in [-0.2, 0) is 5.41 Å². The molecular weight excluding hydrogens is 316 g/mol. The van der Waals surface area contributed by atoms with Crippen molar-refractivity contribution in [2.24, 2.45) is 0 Å². The van der Waals surface area contributed by atoms with Crippen LogP contribution < -0.4 is 4.90 Å². The Morgan fingerprint density at radius 3 is 2.23 bits per heavy atom. The first-order valence-electron chi connectivity index (χ1n) is 9.75. The van der Waals surface area contributed by atoms with Crippen molar-refractivity contribution in [2.45, 2.75) is 45.6 Å². The molecule has 2 aromatic rings. The molecule has 0 bridgehead atoms. The van der Waals surface area contributed by atoms with E-state index in [1.165, 1.54) is 22.5 Å². The minimum absolute atomic E-state index is 0.197. The standard InChI is InChI=1S/C24H32N2/c1-6-19(2)26-17-16-25(18-23(26)20-10-8-7-9-11-20)22-14-12-21(13-15-22)24(3,4)5/h7-15,23H,2,6,16-18H2,1,3-5H3. The summed E-state index contributed by atoms with van der Waals surface area (Å²) in [6.45, 7) is 16.4. The molecule has 1 aliphatic heterocycles. The van der Waals surface area contributed by atoms with Crippen molar-refractivity contribution in [1.29, 1.82) is 0 Å². The highest BCUT2D eigenvalue weighted by molar-refractivity contribution is 5.50. The highest BCUT2D eigenvalue weighted by Gasteiger charge is 2.28. The molecule has 3 rings (SSSR count). The SMILES string of the molecule is C=C(CC)N1CCN(c2ccc(C(C)(C)C)cc2)CC1c1ccccc1. The molecule has 1 fully saturated rings. The molecule has 26 heavy (non-hydrogen) atoms. The van der Waals surface area contributed by atoms with Gasteiger partial charge in [0.2, 0.25) is 0 Å². The van der Waals surface area contributed by atoms with Gasteiger partial charge < -0.3 is 9.80 Å². The zero-order valence-electron chi connectivity index (χ0n) is 16.7. The maximum absolute atomic E-state index is 4.32. The Morgan fingerprint density at radius 1 is 1.00 bits per heavy atom. The van der Waals surface area contributed by atoms with Gasteiger partial charge in [-0.15, -0.1) is 0 Å². The van der Waals surface area contributed by atoms with Gasteiger partial charge in [-0.3, -0.25) is 0 Å². The van der Waals surface area contributed by atoms with E-state index in [0.717, 1.165) is 26.1 Å². The zero-order valence-corrected chi connectivity index (χ0v) is 16.7. The summed E-state index contributed by atoms with van der Waals surface area (Å²) in [4.78, 5) is 5.01. The van der Waals surface area contributed by atoms with Crippen LogP contribution in [0.4, 0.5) is 5.69 Å². The van der Waals surface area contributed by atoms with Gasteiger partial charge in [0.25, 0.3) is 0 Å². The van der Waals surface area contributed by atoms with Crippen molar-refractivity contribution in [3.05, 3.63) is 78.0 Å².